The molecule has 0 fully saturated rings. The van der Waals surface area contributed by atoms with E-state index in [1.165, 1.54) is 11.9 Å². The van der Waals surface area contributed by atoms with Gasteiger partial charge in [0.15, 0.2) is 5.82 Å². The van der Waals surface area contributed by atoms with Crippen molar-refractivity contribution in [1.82, 2.24) is 4.98 Å². The van der Waals surface area contributed by atoms with Crippen LogP contribution in [0.1, 0.15) is 0 Å². The van der Waals surface area contributed by atoms with E-state index in [-0.39, 0.29) is 11.5 Å². The van der Waals surface area contributed by atoms with Gasteiger partial charge in [0.2, 0.25) is 0 Å². The first-order valence-electron chi connectivity index (χ1n) is 3.91. The van der Waals surface area contributed by atoms with Crippen LogP contribution in [0.2, 0.25) is 0 Å². The van der Waals surface area contributed by atoms with Crippen molar-refractivity contribution in [3.63, 3.8) is 0 Å². The number of nitrogen functional groups attached to an aromatic ring is 1. The molecule has 1 aromatic rings. The average molecular weight is 205 g/mol. The lowest BCUT2D eigenvalue weighted by Gasteiger charge is -2.18. The van der Waals surface area contributed by atoms with Gasteiger partial charge in [0.25, 0.3) is 6.43 Å². The molecular formula is C8H10F3N3. The van der Waals surface area contributed by atoms with Crippen LogP contribution in [-0.2, 0) is 0 Å². The molecule has 0 saturated carbocycles. The van der Waals surface area contributed by atoms with E-state index in [1.54, 1.807) is 0 Å². The molecule has 0 aliphatic heterocycles. The quantitative estimate of drug-likeness (QED) is 0.813. The van der Waals surface area contributed by atoms with Crippen molar-refractivity contribution in [1.29, 1.82) is 0 Å². The van der Waals surface area contributed by atoms with E-state index in [2.05, 4.69) is 4.98 Å². The van der Waals surface area contributed by atoms with Crippen molar-refractivity contribution in [2.45, 2.75) is 6.43 Å². The van der Waals surface area contributed by atoms with E-state index >= 15 is 0 Å². The Morgan fingerprint density at radius 2 is 2.21 bits per heavy atom. The fourth-order valence-electron chi connectivity index (χ4n) is 1.06. The Kier molecular flexibility index (Phi) is 3.16. The second-order valence-corrected chi connectivity index (χ2v) is 2.84. The van der Waals surface area contributed by atoms with Crippen LogP contribution >= 0.6 is 0 Å². The number of alkyl halides is 2. The minimum atomic E-state index is -2.48. The van der Waals surface area contributed by atoms with Gasteiger partial charge in [-0.05, 0) is 0 Å². The summed E-state index contributed by atoms with van der Waals surface area (Å²) in [6, 6.07) is 1.05. The molecule has 78 valence electrons. The molecule has 0 spiro atoms. The van der Waals surface area contributed by atoms with Gasteiger partial charge in [0.05, 0.1) is 18.4 Å². The number of nitrogens with zero attached hydrogens (tertiary/aromatic N) is 2. The number of rotatable bonds is 3. The first kappa shape index (κ1) is 10.6. The van der Waals surface area contributed by atoms with Crippen LogP contribution in [0.5, 0.6) is 0 Å². The van der Waals surface area contributed by atoms with Crippen LogP contribution in [0.3, 0.4) is 0 Å². The van der Waals surface area contributed by atoms with Gasteiger partial charge in [-0.25, -0.2) is 18.2 Å². The van der Waals surface area contributed by atoms with E-state index in [1.807, 2.05) is 0 Å². The Balaban J connectivity index is 2.84. The van der Waals surface area contributed by atoms with Gasteiger partial charge in [-0.2, -0.15) is 0 Å². The fraction of sp³-hybridized carbons (Fsp3) is 0.375. The summed E-state index contributed by atoms with van der Waals surface area (Å²) in [5.74, 6) is -0.427. The van der Waals surface area contributed by atoms with Gasteiger partial charge in [-0.15, -0.1) is 0 Å². The van der Waals surface area contributed by atoms with Crippen molar-refractivity contribution < 1.29 is 13.2 Å². The highest BCUT2D eigenvalue weighted by molar-refractivity contribution is 5.61. The third kappa shape index (κ3) is 2.51. The number of aromatic nitrogens is 1. The number of anilines is 2. The topological polar surface area (TPSA) is 42.2 Å². The van der Waals surface area contributed by atoms with Crippen molar-refractivity contribution in [3.8, 4) is 0 Å². The van der Waals surface area contributed by atoms with Crippen molar-refractivity contribution in [2.75, 3.05) is 24.2 Å². The smallest absolute Gasteiger partial charge is 0.255 e. The molecule has 0 aromatic carbocycles. The predicted molar refractivity (Wildman–Crippen MR) is 47.9 cm³/mol. The molecule has 0 aliphatic carbocycles. The monoisotopic (exact) mass is 205 g/mol. The van der Waals surface area contributed by atoms with Crippen molar-refractivity contribution in [2.24, 2.45) is 0 Å². The Hall–Kier alpha value is -1.46. The minimum Gasteiger partial charge on any atom is -0.396 e. The predicted octanol–water partition coefficient (Wildman–Crippen LogP) is 1.50. The highest BCUT2D eigenvalue weighted by Crippen LogP contribution is 2.19. The molecule has 0 saturated heterocycles. The lowest BCUT2D eigenvalue weighted by Crippen LogP contribution is -2.25. The molecule has 0 amide bonds. The summed E-state index contributed by atoms with van der Waals surface area (Å²) < 4.78 is 36.6. The standard InChI is InChI=1S/C8H10F3N3/c1-14(4-7(10)11)8-6(12)2-5(9)3-13-8/h2-3,7H,4,12H2,1H3. The van der Waals surface area contributed by atoms with Crippen LogP contribution in [0.25, 0.3) is 0 Å². The number of halogens is 3. The average Bonchev–Trinajstić information content (AvgIpc) is 2.01. The second-order valence-electron chi connectivity index (χ2n) is 2.84. The minimum absolute atomic E-state index is 0.0492. The Morgan fingerprint density at radius 1 is 1.57 bits per heavy atom. The number of hydrogen-bond donors (Lipinski definition) is 1. The number of pyridine rings is 1. The third-order valence-corrected chi connectivity index (χ3v) is 1.64. The summed E-state index contributed by atoms with van der Waals surface area (Å²) >= 11 is 0. The van der Waals surface area contributed by atoms with E-state index < -0.39 is 18.8 Å². The first-order valence-corrected chi connectivity index (χ1v) is 3.91. The number of hydrogen-bond acceptors (Lipinski definition) is 3. The fourth-order valence-corrected chi connectivity index (χ4v) is 1.06. The molecule has 0 atom stereocenters. The molecule has 0 bridgehead atoms. The van der Waals surface area contributed by atoms with E-state index in [4.69, 9.17) is 5.73 Å². The molecule has 1 rings (SSSR count). The lowest BCUT2D eigenvalue weighted by molar-refractivity contribution is 0.156. The second kappa shape index (κ2) is 4.17. The zero-order valence-corrected chi connectivity index (χ0v) is 7.54. The van der Waals surface area contributed by atoms with Gasteiger partial charge >= 0.3 is 0 Å². The van der Waals surface area contributed by atoms with Gasteiger partial charge in [0, 0.05) is 13.1 Å². The Labute approximate surface area is 79.3 Å². The third-order valence-electron chi connectivity index (χ3n) is 1.64. The summed E-state index contributed by atoms with van der Waals surface area (Å²) in [5, 5.41) is 0. The SMILES string of the molecule is CN(CC(F)F)c1ncc(F)cc1N. The molecule has 14 heavy (non-hydrogen) atoms. The van der Waals surface area contributed by atoms with Crippen LogP contribution in [0, 0.1) is 5.82 Å². The summed E-state index contributed by atoms with van der Waals surface area (Å²) in [7, 11) is 1.42. The van der Waals surface area contributed by atoms with Gasteiger partial charge in [-0.3, -0.25) is 0 Å². The molecule has 0 aliphatic rings. The normalized spacial score (nSPS) is 10.6. The highest BCUT2D eigenvalue weighted by Gasteiger charge is 2.12. The molecule has 2 N–H and O–H groups in total. The van der Waals surface area contributed by atoms with E-state index in [0.717, 1.165) is 12.3 Å². The highest BCUT2D eigenvalue weighted by atomic mass is 19.3. The maximum absolute atomic E-state index is 12.6. The molecule has 3 nitrogen and oxygen atoms in total. The van der Waals surface area contributed by atoms with Gasteiger partial charge in [0.1, 0.15) is 5.82 Å². The summed E-state index contributed by atoms with van der Waals surface area (Å²) in [6.07, 6.45) is -1.54. The largest absolute Gasteiger partial charge is 0.396 e. The van der Waals surface area contributed by atoms with E-state index in [0.29, 0.717) is 0 Å². The maximum atomic E-state index is 12.6. The molecular weight excluding hydrogens is 195 g/mol. The van der Waals surface area contributed by atoms with Crippen LogP contribution in [0.15, 0.2) is 12.3 Å². The molecule has 0 unspecified atom stereocenters. The summed E-state index contributed by atoms with van der Waals surface area (Å²) in [5.41, 5.74) is 5.46. The molecule has 0 radical (unpaired) electrons. The zero-order valence-electron chi connectivity index (χ0n) is 7.54. The Morgan fingerprint density at radius 3 is 2.71 bits per heavy atom. The molecule has 6 heteroatoms. The number of nitrogens with two attached hydrogens (primary N) is 1. The van der Waals surface area contributed by atoms with Crippen LogP contribution in [-0.4, -0.2) is 25.0 Å². The van der Waals surface area contributed by atoms with Crippen LogP contribution in [0.4, 0.5) is 24.7 Å². The first-order chi connectivity index (χ1) is 6.50. The summed E-state index contributed by atoms with van der Waals surface area (Å²) in [4.78, 5) is 4.80. The van der Waals surface area contributed by atoms with Gasteiger partial charge < -0.3 is 10.6 Å². The molecule has 1 heterocycles. The van der Waals surface area contributed by atoms with Crippen molar-refractivity contribution in [3.05, 3.63) is 18.1 Å². The van der Waals surface area contributed by atoms with Crippen molar-refractivity contribution >= 4 is 11.5 Å². The van der Waals surface area contributed by atoms with Crippen LogP contribution < -0.4 is 10.6 Å². The summed E-state index contributed by atoms with van der Waals surface area (Å²) in [6.45, 7) is -0.483. The molecule has 1 aromatic heterocycles. The van der Waals surface area contributed by atoms with E-state index in [9.17, 15) is 13.2 Å². The zero-order chi connectivity index (χ0) is 10.7. The van der Waals surface area contributed by atoms with Gasteiger partial charge in [-0.1, -0.05) is 0 Å². The Bertz CT molecular complexity index is 317. The maximum Gasteiger partial charge on any atom is 0.255 e. The lowest BCUT2D eigenvalue weighted by atomic mass is 10.3.